The highest BCUT2D eigenvalue weighted by molar-refractivity contribution is 5.95. The molecule has 1 aromatic heterocycles. The molecule has 0 spiro atoms. The van der Waals surface area contributed by atoms with Crippen molar-refractivity contribution in [1.82, 2.24) is 9.88 Å². The Bertz CT molecular complexity index is 775. The van der Waals surface area contributed by atoms with Gasteiger partial charge in [0.15, 0.2) is 0 Å². The Labute approximate surface area is 143 Å². The second-order valence-electron chi connectivity index (χ2n) is 5.92. The molecule has 0 unspecified atom stereocenters. The Morgan fingerprint density at radius 2 is 1.92 bits per heavy atom. The van der Waals surface area contributed by atoms with Gasteiger partial charge in [0.05, 0.1) is 17.4 Å². The van der Waals surface area contributed by atoms with E-state index in [0.717, 1.165) is 12.1 Å². The quantitative estimate of drug-likeness (QED) is 0.930. The molecular weight excluding hydrogens is 328 g/mol. The molecule has 1 fully saturated rings. The number of pyridine rings is 1. The van der Waals surface area contributed by atoms with E-state index in [1.165, 1.54) is 4.90 Å². The van der Waals surface area contributed by atoms with E-state index in [2.05, 4.69) is 10.3 Å². The third kappa shape index (κ3) is 3.99. The first kappa shape index (κ1) is 17.0. The van der Waals surface area contributed by atoms with Crippen molar-refractivity contribution in [3.05, 3.63) is 59.9 Å². The minimum Gasteiger partial charge on any atom is -0.339 e. The number of anilines is 1. The number of aromatic nitrogens is 1. The second kappa shape index (κ2) is 7.38. The molecular formula is C18H17F2N3O2. The number of hydrogen-bond donors (Lipinski definition) is 1. The lowest BCUT2D eigenvalue weighted by atomic mass is 9.95. The molecule has 5 nitrogen and oxygen atoms in total. The van der Waals surface area contributed by atoms with Crippen molar-refractivity contribution in [3.63, 3.8) is 0 Å². The first-order chi connectivity index (χ1) is 12.0. The molecule has 0 bridgehead atoms. The van der Waals surface area contributed by atoms with Gasteiger partial charge in [-0.15, -0.1) is 0 Å². The maximum Gasteiger partial charge on any atom is 0.256 e. The van der Waals surface area contributed by atoms with Crippen molar-refractivity contribution in [1.29, 1.82) is 0 Å². The standard InChI is InChI=1S/C18H17F2N3O2/c19-13-3-4-15(16(20)10-13)18(25)23-8-5-12(6-9-23)17(24)22-14-2-1-7-21-11-14/h1-4,7,10-12H,5-6,8-9H2,(H,22,24). The summed E-state index contributed by atoms with van der Waals surface area (Å²) in [7, 11) is 0. The number of benzene rings is 1. The molecule has 2 aromatic rings. The van der Waals surface area contributed by atoms with Gasteiger partial charge in [-0.3, -0.25) is 14.6 Å². The van der Waals surface area contributed by atoms with Crippen LogP contribution in [0.1, 0.15) is 23.2 Å². The smallest absolute Gasteiger partial charge is 0.256 e. The van der Waals surface area contributed by atoms with Crippen LogP contribution in [-0.2, 0) is 4.79 Å². The van der Waals surface area contributed by atoms with Crippen LogP contribution >= 0.6 is 0 Å². The largest absolute Gasteiger partial charge is 0.339 e. The molecule has 2 amide bonds. The van der Waals surface area contributed by atoms with Crippen LogP contribution in [0, 0.1) is 17.6 Å². The minimum atomic E-state index is -0.874. The van der Waals surface area contributed by atoms with Gasteiger partial charge < -0.3 is 10.2 Å². The Morgan fingerprint density at radius 3 is 2.56 bits per heavy atom. The number of rotatable bonds is 3. The molecule has 0 atom stereocenters. The van der Waals surface area contributed by atoms with Crippen LogP contribution in [0.2, 0.25) is 0 Å². The van der Waals surface area contributed by atoms with Gasteiger partial charge >= 0.3 is 0 Å². The number of amides is 2. The van der Waals surface area contributed by atoms with E-state index in [4.69, 9.17) is 0 Å². The van der Waals surface area contributed by atoms with Crippen LogP contribution in [0.5, 0.6) is 0 Å². The first-order valence-electron chi connectivity index (χ1n) is 8.00. The summed E-state index contributed by atoms with van der Waals surface area (Å²) in [4.78, 5) is 30.0. The lowest BCUT2D eigenvalue weighted by molar-refractivity contribution is -0.121. The predicted molar refractivity (Wildman–Crippen MR) is 87.9 cm³/mol. The maximum absolute atomic E-state index is 13.7. The van der Waals surface area contributed by atoms with Crippen molar-refractivity contribution < 1.29 is 18.4 Å². The summed E-state index contributed by atoms with van der Waals surface area (Å²) in [5, 5.41) is 2.80. The number of nitrogens with zero attached hydrogens (tertiary/aromatic N) is 2. The molecule has 130 valence electrons. The maximum atomic E-state index is 13.7. The summed E-state index contributed by atoms with van der Waals surface area (Å²) in [6, 6.07) is 6.38. The van der Waals surface area contributed by atoms with Crippen molar-refractivity contribution in [2.75, 3.05) is 18.4 Å². The van der Waals surface area contributed by atoms with Crippen LogP contribution in [0.25, 0.3) is 0 Å². The van der Waals surface area contributed by atoms with Crippen molar-refractivity contribution in [3.8, 4) is 0 Å². The Morgan fingerprint density at radius 1 is 1.16 bits per heavy atom. The van der Waals surface area contributed by atoms with Crippen LogP contribution < -0.4 is 5.32 Å². The average Bonchev–Trinajstić information content (AvgIpc) is 2.62. The molecule has 7 heteroatoms. The Balaban J connectivity index is 1.58. The molecule has 25 heavy (non-hydrogen) atoms. The van der Waals surface area contributed by atoms with Gasteiger partial charge in [-0.05, 0) is 37.1 Å². The summed E-state index contributed by atoms with van der Waals surface area (Å²) < 4.78 is 26.7. The fourth-order valence-electron chi connectivity index (χ4n) is 2.86. The van der Waals surface area contributed by atoms with E-state index in [-0.39, 0.29) is 17.4 Å². The number of halogens is 2. The molecule has 0 aliphatic carbocycles. The number of nitrogens with one attached hydrogen (secondary N) is 1. The Hall–Kier alpha value is -2.83. The molecule has 0 saturated carbocycles. The number of likely N-dealkylation sites (tertiary alicyclic amines) is 1. The third-order valence-electron chi connectivity index (χ3n) is 4.24. The Kier molecular flexibility index (Phi) is 5.02. The van der Waals surface area contributed by atoms with Crippen molar-refractivity contribution in [2.45, 2.75) is 12.8 Å². The normalized spacial score (nSPS) is 15.0. The van der Waals surface area contributed by atoms with E-state index < -0.39 is 17.5 Å². The topological polar surface area (TPSA) is 62.3 Å². The van der Waals surface area contributed by atoms with E-state index >= 15 is 0 Å². The van der Waals surface area contributed by atoms with Gasteiger partial charge in [0.25, 0.3) is 5.91 Å². The number of carbonyl (C=O) groups excluding carboxylic acids is 2. The second-order valence-corrected chi connectivity index (χ2v) is 5.92. The van der Waals surface area contributed by atoms with Gasteiger partial charge in [0.1, 0.15) is 11.6 Å². The molecule has 1 aliphatic rings. The fraction of sp³-hybridized carbons (Fsp3) is 0.278. The SMILES string of the molecule is O=C(Nc1cccnc1)C1CCN(C(=O)c2ccc(F)cc2F)CC1. The van der Waals surface area contributed by atoms with Crippen LogP contribution in [-0.4, -0.2) is 34.8 Å². The highest BCUT2D eigenvalue weighted by atomic mass is 19.1. The summed E-state index contributed by atoms with van der Waals surface area (Å²) in [6.45, 7) is 0.696. The average molecular weight is 345 g/mol. The van der Waals surface area contributed by atoms with Crippen molar-refractivity contribution >= 4 is 17.5 Å². The number of carbonyl (C=O) groups is 2. The highest BCUT2D eigenvalue weighted by Crippen LogP contribution is 2.22. The first-order valence-corrected chi connectivity index (χ1v) is 8.00. The van der Waals surface area contributed by atoms with Crippen LogP contribution in [0.3, 0.4) is 0 Å². The fourth-order valence-corrected chi connectivity index (χ4v) is 2.86. The predicted octanol–water partition coefficient (Wildman–Crippen LogP) is 2.85. The number of hydrogen-bond acceptors (Lipinski definition) is 3. The molecule has 1 saturated heterocycles. The van der Waals surface area contributed by atoms with Crippen LogP contribution in [0.15, 0.2) is 42.7 Å². The minimum absolute atomic E-state index is 0.118. The zero-order valence-electron chi connectivity index (χ0n) is 13.4. The van der Waals surface area contributed by atoms with E-state index in [1.807, 2.05) is 0 Å². The number of piperidine rings is 1. The highest BCUT2D eigenvalue weighted by Gasteiger charge is 2.29. The van der Waals surface area contributed by atoms with E-state index in [9.17, 15) is 18.4 Å². The zero-order chi connectivity index (χ0) is 17.8. The van der Waals surface area contributed by atoms with Gasteiger partial charge in [0.2, 0.25) is 5.91 Å². The summed E-state index contributed by atoms with van der Waals surface area (Å²) >= 11 is 0. The molecule has 3 rings (SSSR count). The van der Waals surface area contributed by atoms with Gasteiger partial charge in [-0.25, -0.2) is 8.78 Å². The van der Waals surface area contributed by atoms with E-state index in [1.54, 1.807) is 24.5 Å². The van der Waals surface area contributed by atoms with Gasteiger partial charge in [-0.2, -0.15) is 0 Å². The van der Waals surface area contributed by atoms with Crippen LogP contribution in [0.4, 0.5) is 14.5 Å². The molecule has 1 aromatic carbocycles. The molecule has 1 aliphatic heterocycles. The lowest BCUT2D eigenvalue weighted by Gasteiger charge is -2.31. The molecule has 1 N–H and O–H groups in total. The zero-order valence-corrected chi connectivity index (χ0v) is 13.4. The van der Waals surface area contributed by atoms with Gasteiger partial charge in [-0.1, -0.05) is 0 Å². The van der Waals surface area contributed by atoms with E-state index in [0.29, 0.717) is 37.7 Å². The van der Waals surface area contributed by atoms with Gasteiger partial charge in [0, 0.05) is 31.3 Å². The monoisotopic (exact) mass is 345 g/mol. The summed E-state index contributed by atoms with van der Waals surface area (Å²) in [5.41, 5.74) is 0.471. The molecule has 0 radical (unpaired) electrons. The summed E-state index contributed by atoms with van der Waals surface area (Å²) in [6.07, 6.45) is 4.16. The molecule has 2 heterocycles. The lowest BCUT2D eigenvalue weighted by Crippen LogP contribution is -2.41. The van der Waals surface area contributed by atoms with Crippen molar-refractivity contribution in [2.24, 2.45) is 5.92 Å². The summed E-state index contributed by atoms with van der Waals surface area (Å²) in [5.74, 6) is -2.42. The third-order valence-corrected chi connectivity index (χ3v) is 4.24.